The van der Waals surface area contributed by atoms with Crippen molar-refractivity contribution in [1.29, 1.82) is 0 Å². The minimum Gasteiger partial charge on any atom is -0.383 e. The van der Waals surface area contributed by atoms with Crippen LogP contribution in [0.2, 0.25) is 0 Å². The molecule has 106 valence electrons. The molecule has 0 aromatic carbocycles. The molecule has 0 radical (unpaired) electrons. The van der Waals surface area contributed by atoms with Crippen LogP contribution in [0.15, 0.2) is 12.3 Å². The Morgan fingerprint density at radius 1 is 1.47 bits per heavy atom. The molecule has 0 fully saturated rings. The number of nitrogens with zero attached hydrogens (tertiary/aromatic N) is 2. The maximum Gasteiger partial charge on any atom is 0.207 e. The second-order valence-electron chi connectivity index (χ2n) is 5.12. The van der Waals surface area contributed by atoms with Crippen molar-refractivity contribution in [3.05, 3.63) is 29.5 Å². The molecule has 0 saturated heterocycles. The predicted octanol–water partition coefficient (Wildman–Crippen LogP) is 2.11. The van der Waals surface area contributed by atoms with Crippen LogP contribution in [0.25, 0.3) is 0 Å². The molecule has 0 atom stereocenters. The Bertz CT molecular complexity index is 473. The fourth-order valence-corrected chi connectivity index (χ4v) is 1.60. The monoisotopic (exact) mass is 265 g/mol. The molecule has 0 spiro atoms. The number of methoxy groups -OCH3 is 1. The van der Waals surface area contributed by atoms with E-state index in [4.69, 9.17) is 4.74 Å². The molecule has 1 heterocycles. The molecule has 1 aromatic heterocycles. The lowest BCUT2D eigenvalue weighted by molar-refractivity contribution is 0.0150. The van der Waals surface area contributed by atoms with E-state index >= 15 is 0 Å². The number of aromatic amines is 1. The lowest BCUT2D eigenvalue weighted by Gasteiger charge is -2.22. The highest BCUT2D eigenvalue weighted by Crippen LogP contribution is 2.26. The minimum atomic E-state index is -0.572. The number of ether oxygens (including phenoxy) is 1. The Morgan fingerprint density at radius 3 is 2.58 bits per heavy atom. The van der Waals surface area contributed by atoms with Gasteiger partial charge < -0.3 is 14.6 Å². The second kappa shape index (κ2) is 6.02. The van der Waals surface area contributed by atoms with Gasteiger partial charge in [0.05, 0.1) is 5.69 Å². The highest BCUT2D eigenvalue weighted by atomic mass is 16.5. The molecule has 0 unspecified atom stereocenters. The number of imidazole rings is 1. The highest BCUT2D eigenvalue weighted by molar-refractivity contribution is 6.04. The van der Waals surface area contributed by atoms with Gasteiger partial charge >= 0.3 is 0 Å². The lowest BCUT2D eigenvalue weighted by atomic mass is 10.0. The van der Waals surface area contributed by atoms with Crippen molar-refractivity contribution in [1.82, 2.24) is 14.9 Å². The molecule has 5 heteroatoms. The number of nitrogens with one attached hydrogen (secondary N) is 1. The van der Waals surface area contributed by atoms with Crippen LogP contribution >= 0.6 is 0 Å². The Hall–Kier alpha value is -1.62. The molecular formula is C14H23N3O2. The van der Waals surface area contributed by atoms with E-state index in [9.17, 15) is 4.79 Å². The maximum absolute atomic E-state index is 12.2. The van der Waals surface area contributed by atoms with Crippen LogP contribution in [0, 0.1) is 0 Å². The molecule has 0 aliphatic carbocycles. The van der Waals surface area contributed by atoms with Crippen molar-refractivity contribution in [2.24, 2.45) is 0 Å². The number of hydrogen-bond acceptors (Lipinski definition) is 4. The van der Waals surface area contributed by atoms with Crippen molar-refractivity contribution in [2.45, 2.75) is 32.8 Å². The van der Waals surface area contributed by atoms with Gasteiger partial charge in [-0.1, -0.05) is 6.92 Å². The van der Waals surface area contributed by atoms with Crippen LogP contribution < -0.4 is 0 Å². The Labute approximate surface area is 114 Å². The average molecular weight is 265 g/mol. The molecule has 5 nitrogen and oxygen atoms in total. The molecule has 1 rings (SSSR count). The lowest BCUT2D eigenvalue weighted by Crippen LogP contribution is -2.23. The fraction of sp³-hybridized carbons (Fsp3) is 0.571. The van der Waals surface area contributed by atoms with Gasteiger partial charge in [-0.15, -0.1) is 0 Å². The number of ketones is 1. The average Bonchev–Trinajstić information content (AvgIpc) is 2.80. The number of carbonyl (C=O) groups excluding carboxylic acids is 1. The number of aromatic nitrogens is 2. The van der Waals surface area contributed by atoms with Crippen molar-refractivity contribution in [2.75, 3.05) is 21.2 Å². The van der Waals surface area contributed by atoms with Gasteiger partial charge in [-0.05, 0) is 13.8 Å². The largest absolute Gasteiger partial charge is 0.383 e. The molecule has 1 aromatic rings. The first-order chi connectivity index (χ1) is 8.81. The number of aryl methyl sites for hydroxylation is 1. The van der Waals surface area contributed by atoms with Crippen LogP contribution in [0.3, 0.4) is 0 Å². The number of hydrogen-bond donors (Lipinski definition) is 1. The first-order valence-corrected chi connectivity index (χ1v) is 6.35. The van der Waals surface area contributed by atoms with E-state index in [1.54, 1.807) is 13.3 Å². The summed E-state index contributed by atoms with van der Waals surface area (Å²) in [6, 6.07) is 0. The molecule has 0 saturated carbocycles. The summed E-state index contributed by atoms with van der Waals surface area (Å²) < 4.78 is 5.44. The standard InChI is InChI=1S/C14H23N3O2/c1-7-11-15-12(10(18)8-9-17(4)5)13(16-11)14(2,3)19-6/h8-9H,7H2,1-6H3,(H,15,16). The predicted molar refractivity (Wildman–Crippen MR) is 75.2 cm³/mol. The summed E-state index contributed by atoms with van der Waals surface area (Å²) in [6.45, 7) is 5.81. The summed E-state index contributed by atoms with van der Waals surface area (Å²) in [5.41, 5.74) is 0.583. The zero-order valence-electron chi connectivity index (χ0n) is 12.6. The van der Waals surface area contributed by atoms with Crippen LogP contribution in [0.1, 0.15) is 42.8 Å². The van der Waals surface area contributed by atoms with Crippen molar-refractivity contribution >= 4 is 5.78 Å². The Kier molecular flexibility index (Phi) is 4.89. The van der Waals surface area contributed by atoms with Gasteiger partial charge in [0.15, 0.2) is 0 Å². The molecular weight excluding hydrogens is 242 g/mol. The van der Waals surface area contributed by atoms with Crippen molar-refractivity contribution in [3.8, 4) is 0 Å². The van der Waals surface area contributed by atoms with Gasteiger partial charge in [-0.25, -0.2) is 4.98 Å². The summed E-state index contributed by atoms with van der Waals surface area (Å²) in [7, 11) is 5.36. The highest BCUT2D eigenvalue weighted by Gasteiger charge is 2.29. The number of carbonyl (C=O) groups is 1. The molecule has 1 N–H and O–H groups in total. The summed E-state index contributed by atoms with van der Waals surface area (Å²) in [6.07, 6.45) is 3.98. The van der Waals surface area contributed by atoms with Crippen LogP contribution in [-0.2, 0) is 16.8 Å². The topological polar surface area (TPSA) is 58.2 Å². The molecule has 0 bridgehead atoms. The Morgan fingerprint density at radius 2 is 2.11 bits per heavy atom. The minimum absolute atomic E-state index is 0.121. The van der Waals surface area contributed by atoms with Gasteiger partial charge in [-0.2, -0.15) is 0 Å². The third-order valence-corrected chi connectivity index (χ3v) is 2.96. The number of rotatable bonds is 6. The van der Waals surface area contributed by atoms with Crippen LogP contribution in [-0.4, -0.2) is 41.9 Å². The van der Waals surface area contributed by atoms with E-state index < -0.39 is 5.60 Å². The van der Waals surface area contributed by atoms with Gasteiger partial charge in [0.1, 0.15) is 17.1 Å². The van der Waals surface area contributed by atoms with Gasteiger partial charge in [0.25, 0.3) is 0 Å². The van der Waals surface area contributed by atoms with Crippen molar-refractivity contribution < 1.29 is 9.53 Å². The van der Waals surface area contributed by atoms with Gasteiger partial charge in [0, 0.05) is 39.9 Å². The summed E-state index contributed by atoms with van der Waals surface area (Å²) in [5.74, 6) is 0.673. The van der Waals surface area contributed by atoms with Gasteiger partial charge in [-0.3, -0.25) is 4.79 Å². The number of H-pyrrole nitrogens is 1. The first kappa shape index (κ1) is 15.4. The molecule has 0 aliphatic heterocycles. The van der Waals surface area contributed by atoms with E-state index in [2.05, 4.69) is 9.97 Å². The normalized spacial score (nSPS) is 12.1. The first-order valence-electron chi connectivity index (χ1n) is 6.35. The zero-order valence-corrected chi connectivity index (χ0v) is 12.6. The fourth-order valence-electron chi connectivity index (χ4n) is 1.60. The van der Waals surface area contributed by atoms with E-state index in [1.807, 2.05) is 39.8 Å². The van der Waals surface area contributed by atoms with Gasteiger partial charge in [0.2, 0.25) is 5.78 Å². The van der Waals surface area contributed by atoms with E-state index in [-0.39, 0.29) is 5.78 Å². The van der Waals surface area contributed by atoms with Crippen LogP contribution in [0.5, 0.6) is 0 Å². The van der Waals surface area contributed by atoms with E-state index in [0.29, 0.717) is 5.69 Å². The van der Waals surface area contributed by atoms with Crippen LogP contribution in [0.4, 0.5) is 0 Å². The molecule has 0 amide bonds. The van der Waals surface area contributed by atoms with Crippen molar-refractivity contribution in [3.63, 3.8) is 0 Å². The third kappa shape index (κ3) is 3.67. The second-order valence-corrected chi connectivity index (χ2v) is 5.12. The van der Waals surface area contributed by atoms with E-state index in [0.717, 1.165) is 17.9 Å². The maximum atomic E-state index is 12.2. The summed E-state index contributed by atoms with van der Waals surface area (Å²) in [5, 5.41) is 0. The smallest absolute Gasteiger partial charge is 0.207 e. The SMILES string of the molecule is CCc1nc(C(=O)C=CN(C)C)c(C(C)(C)OC)[nH]1. The molecule has 19 heavy (non-hydrogen) atoms. The molecule has 0 aliphatic rings. The summed E-state index contributed by atoms with van der Waals surface area (Å²) in [4.78, 5) is 21.6. The Balaban J connectivity index is 3.19. The summed E-state index contributed by atoms with van der Waals surface area (Å²) >= 11 is 0. The number of allylic oxidation sites excluding steroid dienone is 1. The third-order valence-electron chi connectivity index (χ3n) is 2.96. The zero-order chi connectivity index (χ0) is 14.6. The quantitative estimate of drug-likeness (QED) is 0.632. The van der Waals surface area contributed by atoms with E-state index in [1.165, 1.54) is 6.08 Å².